The summed E-state index contributed by atoms with van der Waals surface area (Å²) in [5.74, 6) is 1.99. The van der Waals surface area contributed by atoms with Crippen molar-refractivity contribution in [3.63, 3.8) is 0 Å². The molecule has 0 aliphatic heterocycles. The fraction of sp³-hybridized carbons (Fsp3) is 0.588. The molecule has 1 atom stereocenters. The maximum Gasteiger partial charge on any atom is 0.320 e. The van der Waals surface area contributed by atoms with Crippen LogP contribution in [0, 0.1) is 19.8 Å². The van der Waals surface area contributed by atoms with Crippen molar-refractivity contribution >= 4 is 11.8 Å². The first-order chi connectivity index (χ1) is 11.4. The fourth-order valence-electron chi connectivity index (χ4n) is 2.51. The Morgan fingerprint density at radius 3 is 2.71 bits per heavy atom. The average Bonchev–Trinajstić information content (AvgIpc) is 3.11. The van der Waals surface area contributed by atoms with E-state index in [1.54, 1.807) is 6.20 Å². The number of anilines is 1. The molecule has 132 valence electrons. The van der Waals surface area contributed by atoms with E-state index in [4.69, 9.17) is 4.52 Å². The lowest BCUT2D eigenvalue weighted by molar-refractivity contribution is 0.251. The van der Waals surface area contributed by atoms with E-state index in [1.807, 2.05) is 24.6 Å². The Morgan fingerprint density at radius 1 is 1.33 bits per heavy atom. The standard InChI is InChI=1S/C17H27N5O2/c1-11(2)13(4)22-16(8-10-19-22)20-17(23)18-9-6-7-15-12(3)21-24-14(15)5/h8,10-11,13H,6-7,9H2,1-5H3,(H2,18,20,23). The lowest BCUT2D eigenvalue weighted by Gasteiger charge is -2.19. The number of hydrogen-bond acceptors (Lipinski definition) is 4. The highest BCUT2D eigenvalue weighted by Gasteiger charge is 2.15. The van der Waals surface area contributed by atoms with Crippen LogP contribution in [0.5, 0.6) is 0 Å². The average molecular weight is 333 g/mol. The van der Waals surface area contributed by atoms with E-state index in [9.17, 15) is 4.79 Å². The predicted octanol–water partition coefficient (Wildman–Crippen LogP) is 3.46. The van der Waals surface area contributed by atoms with Gasteiger partial charge in [-0.3, -0.25) is 5.32 Å². The van der Waals surface area contributed by atoms with Crippen molar-refractivity contribution in [1.82, 2.24) is 20.3 Å². The number of aryl methyl sites for hydroxylation is 2. The van der Waals surface area contributed by atoms with Crippen molar-refractivity contribution in [2.75, 3.05) is 11.9 Å². The Morgan fingerprint density at radius 2 is 2.08 bits per heavy atom. The number of urea groups is 1. The molecule has 0 saturated heterocycles. The van der Waals surface area contributed by atoms with Crippen LogP contribution in [-0.4, -0.2) is 27.5 Å². The minimum atomic E-state index is -0.216. The van der Waals surface area contributed by atoms with Crippen molar-refractivity contribution in [1.29, 1.82) is 0 Å². The lowest BCUT2D eigenvalue weighted by atomic mass is 10.1. The molecule has 7 heteroatoms. The van der Waals surface area contributed by atoms with E-state index < -0.39 is 0 Å². The van der Waals surface area contributed by atoms with Crippen LogP contribution in [0.1, 0.15) is 50.3 Å². The number of carbonyl (C=O) groups is 1. The van der Waals surface area contributed by atoms with Crippen LogP contribution in [0.2, 0.25) is 0 Å². The summed E-state index contributed by atoms with van der Waals surface area (Å²) in [5, 5.41) is 14.0. The number of nitrogens with one attached hydrogen (secondary N) is 2. The summed E-state index contributed by atoms with van der Waals surface area (Å²) < 4.78 is 6.98. The van der Waals surface area contributed by atoms with E-state index in [0.29, 0.717) is 18.3 Å². The number of nitrogens with zero attached hydrogens (tertiary/aromatic N) is 3. The Bertz CT molecular complexity index is 655. The first kappa shape index (κ1) is 18.0. The van der Waals surface area contributed by atoms with Crippen molar-refractivity contribution < 1.29 is 9.32 Å². The molecule has 0 aliphatic carbocycles. The summed E-state index contributed by atoms with van der Waals surface area (Å²) in [6, 6.07) is 1.81. The molecule has 0 spiro atoms. The van der Waals surface area contributed by atoms with Crippen LogP contribution in [-0.2, 0) is 6.42 Å². The maximum absolute atomic E-state index is 12.1. The zero-order valence-electron chi connectivity index (χ0n) is 15.1. The van der Waals surface area contributed by atoms with Crippen LogP contribution in [0.3, 0.4) is 0 Å². The molecule has 2 rings (SSSR count). The molecule has 2 N–H and O–H groups in total. The first-order valence-corrected chi connectivity index (χ1v) is 8.40. The van der Waals surface area contributed by atoms with Gasteiger partial charge in [-0.25, -0.2) is 9.48 Å². The van der Waals surface area contributed by atoms with E-state index in [0.717, 1.165) is 29.9 Å². The summed E-state index contributed by atoms with van der Waals surface area (Å²) in [7, 11) is 0. The molecule has 0 bridgehead atoms. The van der Waals surface area contributed by atoms with E-state index in [2.05, 4.69) is 41.7 Å². The highest BCUT2D eigenvalue weighted by molar-refractivity contribution is 5.88. The van der Waals surface area contributed by atoms with Crippen molar-refractivity contribution in [3.8, 4) is 0 Å². The molecule has 2 heterocycles. The normalized spacial score (nSPS) is 12.4. The van der Waals surface area contributed by atoms with Crippen LogP contribution >= 0.6 is 0 Å². The van der Waals surface area contributed by atoms with Gasteiger partial charge >= 0.3 is 6.03 Å². The Labute approximate surface area is 142 Å². The Kier molecular flexibility index (Phi) is 6.00. The molecule has 0 aliphatic rings. The third kappa shape index (κ3) is 4.37. The summed E-state index contributed by atoms with van der Waals surface area (Å²) in [4.78, 5) is 12.1. The van der Waals surface area contributed by atoms with Crippen LogP contribution in [0.15, 0.2) is 16.8 Å². The second kappa shape index (κ2) is 7.99. The van der Waals surface area contributed by atoms with Crippen molar-refractivity contribution in [2.24, 2.45) is 5.92 Å². The summed E-state index contributed by atoms with van der Waals surface area (Å²) >= 11 is 0. The van der Waals surface area contributed by atoms with Gasteiger partial charge in [0.25, 0.3) is 0 Å². The second-order valence-electron chi connectivity index (χ2n) is 6.43. The molecule has 1 unspecified atom stereocenters. The van der Waals surface area contributed by atoms with Gasteiger partial charge in [0.15, 0.2) is 0 Å². The zero-order chi connectivity index (χ0) is 17.7. The van der Waals surface area contributed by atoms with Gasteiger partial charge in [-0.2, -0.15) is 5.10 Å². The quantitative estimate of drug-likeness (QED) is 0.760. The van der Waals surface area contributed by atoms with Crippen LogP contribution in [0.4, 0.5) is 10.6 Å². The largest absolute Gasteiger partial charge is 0.361 e. The zero-order valence-corrected chi connectivity index (χ0v) is 15.1. The first-order valence-electron chi connectivity index (χ1n) is 8.40. The number of hydrogen-bond donors (Lipinski definition) is 2. The van der Waals surface area contributed by atoms with Gasteiger partial charge in [0.2, 0.25) is 0 Å². The summed E-state index contributed by atoms with van der Waals surface area (Å²) in [5.41, 5.74) is 2.05. The molecule has 2 aromatic heterocycles. The van der Waals surface area contributed by atoms with Gasteiger partial charge in [-0.05, 0) is 39.5 Å². The number of rotatable bonds is 7. The smallest absolute Gasteiger partial charge is 0.320 e. The van der Waals surface area contributed by atoms with Gasteiger partial charge in [0.05, 0.1) is 17.9 Å². The van der Waals surface area contributed by atoms with Gasteiger partial charge in [-0.1, -0.05) is 19.0 Å². The molecule has 24 heavy (non-hydrogen) atoms. The Balaban J connectivity index is 1.79. The number of aromatic nitrogens is 3. The molecule has 0 saturated carbocycles. The summed E-state index contributed by atoms with van der Waals surface area (Å²) in [6.45, 7) is 10.8. The van der Waals surface area contributed by atoms with Crippen LogP contribution < -0.4 is 10.6 Å². The lowest BCUT2D eigenvalue weighted by Crippen LogP contribution is -2.31. The molecule has 7 nitrogen and oxygen atoms in total. The van der Waals surface area contributed by atoms with Gasteiger partial charge in [0, 0.05) is 18.2 Å². The third-order valence-electron chi connectivity index (χ3n) is 4.33. The number of carbonyl (C=O) groups excluding carboxylic acids is 1. The number of amides is 2. The van der Waals surface area contributed by atoms with Gasteiger partial charge < -0.3 is 9.84 Å². The Hall–Kier alpha value is -2.31. The fourth-order valence-corrected chi connectivity index (χ4v) is 2.51. The molecular formula is C17H27N5O2. The van der Waals surface area contributed by atoms with Gasteiger partial charge in [-0.15, -0.1) is 0 Å². The highest BCUT2D eigenvalue weighted by Crippen LogP contribution is 2.20. The highest BCUT2D eigenvalue weighted by atomic mass is 16.5. The predicted molar refractivity (Wildman–Crippen MR) is 93.1 cm³/mol. The molecule has 2 amide bonds. The molecule has 2 aromatic rings. The molecule has 0 fully saturated rings. The van der Waals surface area contributed by atoms with E-state index in [-0.39, 0.29) is 12.1 Å². The monoisotopic (exact) mass is 333 g/mol. The molecule has 0 aromatic carbocycles. The SMILES string of the molecule is Cc1noc(C)c1CCCNC(=O)Nc1ccnn1C(C)C(C)C. The topological polar surface area (TPSA) is 85.0 Å². The third-order valence-corrected chi connectivity index (χ3v) is 4.33. The molecular weight excluding hydrogens is 306 g/mol. The van der Waals surface area contributed by atoms with E-state index >= 15 is 0 Å². The molecule has 0 radical (unpaired) electrons. The van der Waals surface area contributed by atoms with Crippen molar-refractivity contribution in [2.45, 2.75) is 53.5 Å². The summed E-state index contributed by atoms with van der Waals surface area (Å²) in [6.07, 6.45) is 3.37. The minimum Gasteiger partial charge on any atom is -0.361 e. The van der Waals surface area contributed by atoms with Gasteiger partial charge in [0.1, 0.15) is 11.6 Å². The second-order valence-corrected chi connectivity index (χ2v) is 6.43. The van der Waals surface area contributed by atoms with Crippen LogP contribution in [0.25, 0.3) is 0 Å². The van der Waals surface area contributed by atoms with E-state index in [1.165, 1.54) is 0 Å². The maximum atomic E-state index is 12.1. The van der Waals surface area contributed by atoms with Crippen molar-refractivity contribution in [3.05, 3.63) is 29.3 Å². The minimum absolute atomic E-state index is 0.216.